The number of furan rings is 1. The van der Waals surface area contributed by atoms with Crippen molar-refractivity contribution in [3.8, 4) is 0 Å². The zero-order valence-corrected chi connectivity index (χ0v) is 10.5. The third-order valence-corrected chi connectivity index (χ3v) is 3.12. The number of anilines is 1. The monoisotopic (exact) mass is 247 g/mol. The van der Waals surface area contributed by atoms with Crippen molar-refractivity contribution in [1.82, 2.24) is 0 Å². The summed E-state index contributed by atoms with van der Waals surface area (Å²) < 4.78 is 5.14. The molecule has 1 heterocycles. The van der Waals surface area contributed by atoms with Crippen molar-refractivity contribution in [3.63, 3.8) is 0 Å². The third kappa shape index (κ3) is 2.71. The van der Waals surface area contributed by atoms with E-state index in [0.717, 1.165) is 16.1 Å². The van der Waals surface area contributed by atoms with Gasteiger partial charge in [0.25, 0.3) is 5.91 Å². The van der Waals surface area contributed by atoms with Crippen LogP contribution in [0.2, 0.25) is 0 Å². The van der Waals surface area contributed by atoms with Crippen LogP contribution in [0.3, 0.4) is 0 Å². The highest BCUT2D eigenvalue weighted by Gasteiger charge is 2.12. The SMILES string of the molecule is CSc1cccc(NC(=O)c2occc2C)c1. The van der Waals surface area contributed by atoms with Crippen LogP contribution < -0.4 is 5.32 Å². The Morgan fingerprint density at radius 2 is 2.18 bits per heavy atom. The molecule has 1 aromatic heterocycles. The maximum Gasteiger partial charge on any atom is 0.291 e. The van der Waals surface area contributed by atoms with Crippen LogP contribution in [0, 0.1) is 6.92 Å². The Kier molecular flexibility index (Phi) is 3.54. The van der Waals surface area contributed by atoms with Crippen LogP contribution in [0.1, 0.15) is 16.1 Å². The van der Waals surface area contributed by atoms with Gasteiger partial charge in [0.2, 0.25) is 0 Å². The van der Waals surface area contributed by atoms with Crippen molar-refractivity contribution in [3.05, 3.63) is 47.9 Å². The Hall–Kier alpha value is -1.68. The molecule has 0 spiro atoms. The lowest BCUT2D eigenvalue weighted by molar-refractivity contribution is 0.0996. The van der Waals surface area contributed by atoms with Gasteiger partial charge >= 0.3 is 0 Å². The minimum Gasteiger partial charge on any atom is -0.459 e. The van der Waals surface area contributed by atoms with E-state index in [1.54, 1.807) is 17.8 Å². The molecule has 2 aromatic rings. The number of carbonyl (C=O) groups is 1. The number of rotatable bonds is 3. The first-order valence-corrected chi connectivity index (χ1v) is 6.42. The summed E-state index contributed by atoms with van der Waals surface area (Å²) in [5.41, 5.74) is 1.61. The lowest BCUT2D eigenvalue weighted by Crippen LogP contribution is -2.11. The molecular weight excluding hydrogens is 234 g/mol. The Morgan fingerprint density at radius 3 is 2.82 bits per heavy atom. The van der Waals surface area contributed by atoms with E-state index in [9.17, 15) is 4.79 Å². The summed E-state index contributed by atoms with van der Waals surface area (Å²) in [6.07, 6.45) is 3.51. The van der Waals surface area contributed by atoms with E-state index in [-0.39, 0.29) is 5.91 Å². The number of carbonyl (C=O) groups excluding carboxylic acids is 1. The second-order valence-corrected chi connectivity index (χ2v) is 4.50. The summed E-state index contributed by atoms with van der Waals surface area (Å²) in [5, 5.41) is 2.81. The van der Waals surface area contributed by atoms with Gasteiger partial charge in [-0.05, 0) is 37.4 Å². The number of hydrogen-bond donors (Lipinski definition) is 1. The van der Waals surface area contributed by atoms with Gasteiger partial charge in [-0.15, -0.1) is 11.8 Å². The first-order chi connectivity index (χ1) is 8.20. The predicted molar refractivity (Wildman–Crippen MR) is 69.6 cm³/mol. The number of nitrogens with one attached hydrogen (secondary N) is 1. The van der Waals surface area contributed by atoms with Gasteiger partial charge in [0.1, 0.15) is 0 Å². The summed E-state index contributed by atoms with van der Waals surface area (Å²) in [6.45, 7) is 1.84. The van der Waals surface area contributed by atoms with Crippen molar-refractivity contribution >= 4 is 23.4 Å². The van der Waals surface area contributed by atoms with Crippen LogP contribution in [0.15, 0.2) is 45.9 Å². The molecule has 2 rings (SSSR count). The molecule has 0 saturated carbocycles. The number of benzene rings is 1. The molecule has 0 aliphatic rings. The minimum absolute atomic E-state index is 0.217. The van der Waals surface area contributed by atoms with Crippen molar-refractivity contribution in [2.45, 2.75) is 11.8 Å². The van der Waals surface area contributed by atoms with Gasteiger partial charge in [-0.3, -0.25) is 4.79 Å². The van der Waals surface area contributed by atoms with Gasteiger partial charge in [0, 0.05) is 16.1 Å². The molecule has 4 heteroatoms. The maximum absolute atomic E-state index is 11.9. The molecule has 0 radical (unpaired) electrons. The Labute approximate surface area is 104 Å². The summed E-state index contributed by atoms with van der Waals surface area (Å²) >= 11 is 1.64. The van der Waals surface area contributed by atoms with E-state index >= 15 is 0 Å². The molecule has 0 aliphatic heterocycles. The molecule has 0 atom stereocenters. The van der Waals surface area contributed by atoms with Crippen molar-refractivity contribution in [2.24, 2.45) is 0 Å². The van der Waals surface area contributed by atoms with Crippen LogP contribution in [0.4, 0.5) is 5.69 Å². The predicted octanol–water partition coefficient (Wildman–Crippen LogP) is 3.56. The summed E-state index contributed by atoms with van der Waals surface area (Å²) in [6, 6.07) is 9.47. The molecule has 1 N–H and O–H groups in total. The number of aryl methyl sites for hydroxylation is 1. The second-order valence-electron chi connectivity index (χ2n) is 3.62. The topological polar surface area (TPSA) is 42.2 Å². The fraction of sp³-hybridized carbons (Fsp3) is 0.154. The summed E-state index contributed by atoms with van der Waals surface area (Å²) in [7, 11) is 0. The number of hydrogen-bond acceptors (Lipinski definition) is 3. The zero-order chi connectivity index (χ0) is 12.3. The smallest absolute Gasteiger partial charge is 0.291 e. The van der Waals surface area contributed by atoms with Gasteiger partial charge in [0.05, 0.1) is 6.26 Å². The van der Waals surface area contributed by atoms with Crippen molar-refractivity contribution in [1.29, 1.82) is 0 Å². The van der Waals surface area contributed by atoms with E-state index in [1.807, 2.05) is 37.4 Å². The first kappa shape index (κ1) is 11.8. The Balaban J connectivity index is 2.16. The third-order valence-electron chi connectivity index (χ3n) is 2.40. The highest BCUT2D eigenvalue weighted by Crippen LogP contribution is 2.20. The van der Waals surface area contributed by atoms with Crippen LogP contribution in [-0.2, 0) is 0 Å². The normalized spacial score (nSPS) is 10.2. The lowest BCUT2D eigenvalue weighted by atomic mass is 10.2. The standard InChI is InChI=1S/C13H13NO2S/c1-9-6-7-16-12(9)13(15)14-10-4-3-5-11(8-10)17-2/h3-8H,1-2H3,(H,14,15). The lowest BCUT2D eigenvalue weighted by Gasteiger charge is -2.05. The van der Waals surface area contributed by atoms with E-state index in [2.05, 4.69) is 5.32 Å². The Bertz CT molecular complexity index is 534. The molecule has 0 unspecified atom stereocenters. The van der Waals surface area contributed by atoms with E-state index < -0.39 is 0 Å². The highest BCUT2D eigenvalue weighted by molar-refractivity contribution is 7.98. The van der Waals surface area contributed by atoms with Crippen molar-refractivity contribution in [2.75, 3.05) is 11.6 Å². The van der Waals surface area contributed by atoms with Gasteiger partial charge in [-0.1, -0.05) is 6.07 Å². The average Bonchev–Trinajstić information content (AvgIpc) is 2.76. The molecule has 0 fully saturated rings. The molecule has 1 amide bonds. The van der Waals surface area contributed by atoms with Gasteiger partial charge < -0.3 is 9.73 Å². The van der Waals surface area contributed by atoms with Crippen LogP contribution >= 0.6 is 11.8 Å². The summed E-state index contributed by atoms with van der Waals surface area (Å²) in [4.78, 5) is 13.0. The molecule has 0 saturated heterocycles. The minimum atomic E-state index is -0.217. The van der Waals surface area contributed by atoms with E-state index in [1.165, 1.54) is 6.26 Å². The fourth-order valence-electron chi connectivity index (χ4n) is 1.49. The van der Waals surface area contributed by atoms with Gasteiger partial charge in [0.15, 0.2) is 5.76 Å². The van der Waals surface area contributed by atoms with Gasteiger partial charge in [-0.2, -0.15) is 0 Å². The second kappa shape index (κ2) is 5.10. The molecule has 3 nitrogen and oxygen atoms in total. The van der Waals surface area contributed by atoms with Crippen LogP contribution in [0.25, 0.3) is 0 Å². The van der Waals surface area contributed by atoms with Gasteiger partial charge in [-0.25, -0.2) is 0 Å². The molecule has 1 aromatic carbocycles. The van der Waals surface area contributed by atoms with Crippen LogP contribution in [0.5, 0.6) is 0 Å². The largest absolute Gasteiger partial charge is 0.459 e. The average molecular weight is 247 g/mol. The highest BCUT2D eigenvalue weighted by atomic mass is 32.2. The maximum atomic E-state index is 11.9. The molecule has 0 bridgehead atoms. The quantitative estimate of drug-likeness (QED) is 0.843. The van der Waals surface area contributed by atoms with Crippen molar-refractivity contribution < 1.29 is 9.21 Å². The van der Waals surface area contributed by atoms with Crippen LogP contribution in [-0.4, -0.2) is 12.2 Å². The molecule has 17 heavy (non-hydrogen) atoms. The first-order valence-electron chi connectivity index (χ1n) is 5.20. The Morgan fingerprint density at radius 1 is 1.35 bits per heavy atom. The molecule has 88 valence electrons. The number of amides is 1. The molecular formula is C13H13NO2S. The van der Waals surface area contributed by atoms with E-state index in [0.29, 0.717) is 5.76 Å². The zero-order valence-electron chi connectivity index (χ0n) is 9.69. The number of thioether (sulfide) groups is 1. The van der Waals surface area contributed by atoms with E-state index in [4.69, 9.17) is 4.42 Å². The summed E-state index contributed by atoms with van der Waals surface area (Å²) in [5.74, 6) is 0.144. The molecule has 0 aliphatic carbocycles. The fourth-order valence-corrected chi connectivity index (χ4v) is 1.95.